The summed E-state index contributed by atoms with van der Waals surface area (Å²) >= 11 is 0. The summed E-state index contributed by atoms with van der Waals surface area (Å²) in [7, 11) is 0. The number of rotatable bonds is 11. The maximum Gasteiger partial charge on any atom is 0.148 e. The van der Waals surface area contributed by atoms with E-state index >= 15 is 0 Å². The molecule has 0 radical (unpaired) electrons. The second-order valence-electron chi connectivity index (χ2n) is 12.3. The first-order chi connectivity index (χ1) is 22.9. The molecule has 0 bridgehead atoms. The third-order valence-corrected chi connectivity index (χ3v) is 9.20. The summed E-state index contributed by atoms with van der Waals surface area (Å²) < 4.78 is 0. The minimum absolute atomic E-state index is 0.0773. The van der Waals surface area contributed by atoms with Gasteiger partial charge in [0.15, 0.2) is 0 Å². The van der Waals surface area contributed by atoms with E-state index in [-0.39, 0.29) is 18.1 Å². The zero-order valence-electron chi connectivity index (χ0n) is 28.6. The highest BCUT2D eigenvalue weighted by Crippen LogP contribution is 2.41. The second kappa shape index (κ2) is 15.6. The molecule has 1 aliphatic heterocycles. The number of benzene rings is 2. The van der Waals surface area contributed by atoms with Crippen LogP contribution in [0, 0.1) is 11.8 Å². The fourth-order valence-electron chi connectivity index (χ4n) is 6.73. The fraction of sp³-hybridized carbons (Fsp3) is 0.222. The molecule has 238 valence electrons. The van der Waals surface area contributed by atoms with E-state index < -0.39 is 0 Å². The topological polar surface area (TPSA) is 15.6 Å². The van der Waals surface area contributed by atoms with Gasteiger partial charge in [0.05, 0.1) is 11.8 Å². The highest BCUT2D eigenvalue weighted by atomic mass is 15.3. The Morgan fingerprint density at radius 1 is 0.936 bits per heavy atom. The van der Waals surface area contributed by atoms with E-state index in [4.69, 9.17) is 4.99 Å². The van der Waals surface area contributed by atoms with Crippen LogP contribution in [0.3, 0.4) is 0 Å². The van der Waals surface area contributed by atoms with E-state index in [1.165, 1.54) is 39.0 Å². The molecule has 5 rings (SSSR count). The van der Waals surface area contributed by atoms with Gasteiger partial charge in [-0.15, -0.1) is 0 Å². The molecule has 0 aromatic heterocycles. The number of aliphatic imine (C=N–C) groups is 1. The van der Waals surface area contributed by atoms with E-state index in [2.05, 4.69) is 174 Å². The standard InChI is InChI=1S/C45H48N2/c1-8-12-14-18-33(6)44(40-29-26-36(17-10-3)35(11-4)30-40)41-31-39(23-22-32(41)5)37-24-27-38(28-25-37)45-46-42-20-15-16-21-43(42)47(45)34(7)19-13-9-2/h8-10,12-32,41,43,45H,2,7,11H2,1,3-6H3/b12-8-,17-10-,18-14-,19-13-,44-33+. The molecule has 2 heteroatoms. The lowest BCUT2D eigenvalue weighted by molar-refractivity contribution is 0.295. The summed E-state index contributed by atoms with van der Waals surface area (Å²) in [4.78, 5) is 7.41. The molecule has 2 aromatic rings. The number of aryl methyl sites for hydroxylation is 1. The molecular formula is C45H48N2. The normalized spacial score (nSPS) is 22.8. The summed E-state index contributed by atoms with van der Waals surface area (Å²) in [5, 5.41) is 0. The molecule has 0 N–H and O–H groups in total. The van der Waals surface area contributed by atoms with Crippen LogP contribution < -0.4 is 0 Å². The van der Waals surface area contributed by atoms with Gasteiger partial charge in [0.2, 0.25) is 0 Å². The third-order valence-electron chi connectivity index (χ3n) is 9.20. The van der Waals surface area contributed by atoms with Crippen LogP contribution in [0.4, 0.5) is 0 Å². The van der Waals surface area contributed by atoms with Gasteiger partial charge in [0.25, 0.3) is 0 Å². The molecular weight excluding hydrogens is 569 g/mol. The summed E-state index contributed by atoms with van der Waals surface area (Å²) in [5.74, 6) is 0.598. The molecule has 1 heterocycles. The molecule has 4 atom stereocenters. The molecule has 0 saturated carbocycles. The molecule has 2 aliphatic carbocycles. The van der Waals surface area contributed by atoms with E-state index in [1.807, 2.05) is 12.2 Å². The predicted octanol–water partition coefficient (Wildman–Crippen LogP) is 11.6. The van der Waals surface area contributed by atoms with E-state index in [9.17, 15) is 0 Å². The Hall–Kier alpha value is -4.95. The van der Waals surface area contributed by atoms with Crippen LogP contribution in [0.2, 0.25) is 0 Å². The molecule has 0 fully saturated rings. The van der Waals surface area contributed by atoms with Crippen LogP contribution in [0.1, 0.15) is 68.6 Å². The molecule has 4 unspecified atom stereocenters. The molecule has 2 nitrogen and oxygen atoms in total. The number of hydrogen-bond acceptors (Lipinski definition) is 2. The Balaban J connectivity index is 1.51. The Morgan fingerprint density at radius 3 is 2.47 bits per heavy atom. The van der Waals surface area contributed by atoms with Crippen LogP contribution in [-0.2, 0) is 6.42 Å². The Labute approximate surface area is 283 Å². The van der Waals surface area contributed by atoms with Crippen LogP contribution in [0.25, 0.3) is 17.2 Å². The number of fused-ring (bicyclic) bond motifs is 1. The van der Waals surface area contributed by atoms with Gasteiger partial charge in [0.1, 0.15) is 6.17 Å². The van der Waals surface area contributed by atoms with E-state index in [1.54, 1.807) is 6.08 Å². The van der Waals surface area contributed by atoms with Crippen molar-refractivity contribution >= 4 is 22.9 Å². The van der Waals surface area contributed by atoms with Crippen molar-refractivity contribution in [2.24, 2.45) is 16.8 Å². The lowest BCUT2D eigenvalue weighted by atomic mass is 9.76. The average Bonchev–Trinajstić information content (AvgIpc) is 3.49. The highest BCUT2D eigenvalue weighted by molar-refractivity contribution is 6.03. The minimum atomic E-state index is -0.138. The summed E-state index contributed by atoms with van der Waals surface area (Å²) in [5.41, 5.74) is 12.2. The summed E-state index contributed by atoms with van der Waals surface area (Å²) in [6, 6.07) is 16.0. The number of allylic oxidation sites excluding steroid dienone is 16. The zero-order valence-corrected chi connectivity index (χ0v) is 28.6. The third kappa shape index (κ3) is 7.39. The fourth-order valence-corrected chi connectivity index (χ4v) is 6.73. The van der Waals surface area contributed by atoms with Crippen molar-refractivity contribution in [3.05, 3.63) is 186 Å². The molecule has 0 spiro atoms. The van der Waals surface area contributed by atoms with Crippen molar-refractivity contribution < 1.29 is 0 Å². The Morgan fingerprint density at radius 2 is 1.74 bits per heavy atom. The van der Waals surface area contributed by atoms with Gasteiger partial charge in [-0.05, 0) is 89.8 Å². The first-order valence-corrected chi connectivity index (χ1v) is 16.9. The average molecular weight is 617 g/mol. The molecule has 3 aliphatic rings. The van der Waals surface area contributed by atoms with Crippen LogP contribution >= 0.6 is 0 Å². The molecule has 0 amide bonds. The first kappa shape index (κ1) is 33.4. The minimum Gasteiger partial charge on any atom is -0.334 e. The summed E-state index contributed by atoms with van der Waals surface area (Å²) in [6.45, 7) is 19.2. The van der Waals surface area contributed by atoms with Gasteiger partial charge in [0, 0.05) is 11.6 Å². The van der Waals surface area contributed by atoms with Crippen LogP contribution in [0.15, 0.2) is 163 Å². The SMILES string of the molecule is C=C/C=C\C(=C)N1C2C=CC=CC2=NC1c1ccc(C2=CC(/C(=C(C)/C=C\C=C/C)c3ccc(/C=C\C)c(CC)c3)C(C)C=C2)cc1. The lowest BCUT2D eigenvalue weighted by Gasteiger charge is -2.31. The maximum atomic E-state index is 5.13. The monoisotopic (exact) mass is 616 g/mol. The predicted molar refractivity (Wildman–Crippen MR) is 206 cm³/mol. The molecule has 0 saturated heterocycles. The second-order valence-corrected chi connectivity index (χ2v) is 12.3. The van der Waals surface area contributed by atoms with Gasteiger partial charge >= 0.3 is 0 Å². The van der Waals surface area contributed by atoms with Crippen LogP contribution in [0.5, 0.6) is 0 Å². The maximum absolute atomic E-state index is 5.13. The van der Waals surface area contributed by atoms with Crippen molar-refractivity contribution in [1.82, 2.24) is 4.90 Å². The highest BCUT2D eigenvalue weighted by Gasteiger charge is 2.35. The largest absolute Gasteiger partial charge is 0.334 e. The quantitative estimate of drug-likeness (QED) is 0.229. The van der Waals surface area contributed by atoms with E-state index in [0.29, 0.717) is 5.92 Å². The van der Waals surface area contributed by atoms with Crippen molar-refractivity contribution in [3.63, 3.8) is 0 Å². The van der Waals surface area contributed by atoms with Gasteiger partial charge < -0.3 is 4.90 Å². The van der Waals surface area contributed by atoms with Gasteiger partial charge in [-0.2, -0.15) is 0 Å². The van der Waals surface area contributed by atoms with Gasteiger partial charge in [-0.25, -0.2) is 0 Å². The van der Waals surface area contributed by atoms with Crippen molar-refractivity contribution in [3.8, 4) is 0 Å². The molecule has 2 aromatic carbocycles. The Kier molecular flexibility index (Phi) is 11.1. The first-order valence-electron chi connectivity index (χ1n) is 16.9. The van der Waals surface area contributed by atoms with E-state index in [0.717, 1.165) is 23.4 Å². The van der Waals surface area contributed by atoms with Crippen molar-refractivity contribution in [1.29, 1.82) is 0 Å². The van der Waals surface area contributed by atoms with Gasteiger partial charge in [-0.1, -0.05) is 155 Å². The molecule has 47 heavy (non-hydrogen) atoms. The number of nitrogens with zero attached hydrogens (tertiary/aromatic N) is 2. The zero-order chi connectivity index (χ0) is 33.3. The van der Waals surface area contributed by atoms with Crippen LogP contribution in [-0.4, -0.2) is 16.7 Å². The van der Waals surface area contributed by atoms with Crippen molar-refractivity contribution in [2.45, 2.75) is 53.2 Å². The summed E-state index contributed by atoms with van der Waals surface area (Å²) in [6.07, 6.45) is 35.1. The smallest absolute Gasteiger partial charge is 0.148 e. The van der Waals surface area contributed by atoms with Gasteiger partial charge in [-0.3, -0.25) is 4.99 Å². The lowest BCUT2D eigenvalue weighted by Crippen LogP contribution is -2.34. The number of hydrogen-bond donors (Lipinski definition) is 0. The Bertz CT molecular complexity index is 1790. The van der Waals surface area contributed by atoms with Crippen molar-refractivity contribution in [2.75, 3.05) is 0 Å².